The van der Waals surface area contributed by atoms with Crippen LogP contribution in [0.1, 0.15) is 42.2 Å². The van der Waals surface area contributed by atoms with Crippen molar-refractivity contribution >= 4 is 40.6 Å². The van der Waals surface area contributed by atoms with Gasteiger partial charge in [-0.05, 0) is 49.9 Å². The minimum absolute atomic E-state index is 0.141. The number of nitrogens with zero attached hydrogens (tertiary/aromatic N) is 5. The summed E-state index contributed by atoms with van der Waals surface area (Å²) in [5.74, 6) is -3.01. The van der Waals surface area contributed by atoms with E-state index in [4.69, 9.17) is 26.6 Å². The van der Waals surface area contributed by atoms with Gasteiger partial charge >= 0.3 is 0 Å². The summed E-state index contributed by atoms with van der Waals surface area (Å²) in [5, 5.41) is 18.3. The number of aliphatic hydroxyl groups excluding tert-OH is 1. The van der Waals surface area contributed by atoms with Gasteiger partial charge in [-0.3, -0.25) is 9.59 Å². The van der Waals surface area contributed by atoms with Crippen molar-refractivity contribution in [2.45, 2.75) is 33.1 Å². The van der Waals surface area contributed by atoms with Gasteiger partial charge in [0.15, 0.2) is 11.3 Å². The SMILES string of the molecule is CC(=O)O.CO.Cc1cccc(F)c1N(C)c1cc(-c2cc(F)c(Cl)c(F)c2)nc2cc(C(=O)N3CCCCC3)nn12. The van der Waals surface area contributed by atoms with E-state index < -0.39 is 28.4 Å². The van der Waals surface area contributed by atoms with E-state index in [9.17, 15) is 18.0 Å². The van der Waals surface area contributed by atoms with Gasteiger partial charge in [0.1, 0.15) is 28.3 Å². The number of amides is 1. The van der Waals surface area contributed by atoms with Gasteiger partial charge in [0.25, 0.3) is 11.9 Å². The van der Waals surface area contributed by atoms with E-state index >= 15 is 0 Å². The molecule has 0 atom stereocenters. The van der Waals surface area contributed by atoms with Crippen molar-refractivity contribution < 1.29 is 33.0 Å². The molecule has 2 aromatic carbocycles. The minimum Gasteiger partial charge on any atom is -0.481 e. The Hall–Kier alpha value is -4.16. The van der Waals surface area contributed by atoms with Crippen LogP contribution in [0.3, 0.4) is 0 Å². The van der Waals surface area contributed by atoms with Gasteiger partial charge in [0.2, 0.25) is 0 Å². The van der Waals surface area contributed by atoms with E-state index in [0.29, 0.717) is 30.2 Å². The molecule has 1 saturated heterocycles. The first-order valence-electron chi connectivity index (χ1n) is 13.0. The van der Waals surface area contributed by atoms with Crippen LogP contribution in [-0.2, 0) is 4.79 Å². The van der Waals surface area contributed by atoms with Crippen LogP contribution < -0.4 is 4.90 Å². The van der Waals surface area contributed by atoms with Gasteiger partial charge in [-0.25, -0.2) is 18.2 Å². The highest BCUT2D eigenvalue weighted by Crippen LogP contribution is 2.34. The second-order valence-electron chi connectivity index (χ2n) is 9.39. The maximum atomic E-state index is 14.9. The van der Waals surface area contributed by atoms with Crippen LogP contribution in [0.15, 0.2) is 42.5 Å². The number of anilines is 2. The summed E-state index contributed by atoms with van der Waals surface area (Å²) < 4.78 is 44.8. The molecule has 1 amide bonds. The number of carboxylic acids is 1. The standard InChI is InChI=1S/C26H23ClF3N5O.C2H4O2.CH4O/c1-15-7-6-8-17(28)25(15)33(2)23-14-20(16-11-18(29)24(27)19(30)12-16)31-22-13-21(32-35(22)23)26(36)34-9-4-3-5-10-34;1-2(3)4;1-2/h6-8,11-14H,3-5,9-10H2,1-2H3;1H3,(H,3,4);2H,1H3. The molecule has 0 aliphatic carbocycles. The average molecular weight is 606 g/mol. The number of fused-ring (bicyclic) bond motifs is 1. The largest absolute Gasteiger partial charge is 0.481 e. The summed E-state index contributed by atoms with van der Waals surface area (Å²) in [6.45, 7) is 4.15. The molecule has 0 saturated carbocycles. The van der Waals surface area contributed by atoms with E-state index in [2.05, 4.69) is 10.1 Å². The first-order valence-corrected chi connectivity index (χ1v) is 13.3. The van der Waals surface area contributed by atoms with Gasteiger partial charge in [0, 0.05) is 51.9 Å². The highest BCUT2D eigenvalue weighted by Gasteiger charge is 2.24. The zero-order chi connectivity index (χ0) is 31.1. The van der Waals surface area contributed by atoms with Gasteiger partial charge in [0.05, 0.1) is 11.4 Å². The number of halogens is 4. The van der Waals surface area contributed by atoms with Crippen molar-refractivity contribution in [2.24, 2.45) is 0 Å². The van der Waals surface area contributed by atoms with Crippen LogP contribution in [0.4, 0.5) is 24.7 Å². The lowest BCUT2D eigenvalue weighted by Gasteiger charge is -2.25. The molecule has 3 heterocycles. The fourth-order valence-corrected chi connectivity index (χ4v) is 4.68. The Morgan fingerprint density at radius 1 is 0.976 bits per heavy atom. The molecule has 13 heteroatoms. The molecular weight excluding hydrogens is 575 g/mol. The normalized spacial score (nSPS) is 12.6. The predicted molar refractivity (Wildman–Crippen MR) is 154 cm³/mol. The molecule has 1 fully saturated rings. The quantitative estimate of drug-likeness (QED) is 0.280. The maximum Gasteiger partial charge on any atom is 0.300 e. The Kier molecular flexibility index (Phi) is 10.9. The van der Waals surface area contributed by atoms with Crippen LogP contribution >= 0.6 is 11.6 Å². The number of aliphatic hydroxyl groups is 1. The smallest absolute Gasteiger partial charge is 0.300 e. The molecule has 9 nitrogen and oxygen atoms in total. The van der Waals surface area contributed by atoms with Crippen LogP contribution in [0.2, 0.25) is 5.02 Å². The molecule has 0 bridgehead atoms. The number of hydrogen-bond acceptors (Lipinski definition) is 6. The molecule has 0 radical (unpaired) electrons. The lowest BCUT2D eigenvalue weighted by molar-refractivity contribution is -0.134. The zero-order valence-corrected chi connectivity index (χ0v) is 24.3. The van der Waals surface area contributed by atoms with Crippen molar-refractivity contribution in [1.29, 1.82) is 0 Å². The fraction of sp³-hybridized carbons (Fsp3) is 0.310. The summed E-state index contributed by atoms with van der Waals surface area (Å²) in [5.41, 5.74) is 1.79. The lowest BCUT2D eigenvalue weighted by Crippen LogP contribution is -2.35. The number of para-hydroxylation sites is 1. The van der Waals surface area contributed by atoms with Gasteiger partial charge in [-0.1, -0.05) is 23.7 Å². The third kappa shape index (κ3) is 7.18. The summed E-state index contributed by atoms with van der Waals surface area (Å²) in [7, 11) is 2.65. The Morgan fingerprint density at radius 3 is 2.14 bits per heavy atom. The minimum atomic E-state index is -0.928. The van der Waals surface area contributed by atoms with Crippen molar-refractivity contribution in [1.82, 2.24) is 19.5 Å². The van der Waals surface area contributed by atoms with Crippen molar-refractivity contribution in [3.05, 3.63) is 76.2 Å². The molecule has 224 valence electrons. The molecule has 5 rings (SSSR count). The highest BCUT2D eigenvalue weighted by molar-refractivity contribution is 6.31. The number of likely N-dealkylation sites (tertiary alicyclic amines) is 1. The van der Waals surface area contributed by atoms with E-state index in [1.165, 1.54) is 16.6 Å². The summed E-state index contributed by atoms with van der Waals surface area (Å²) in [6.07, 6.45) is 2.93. The molecule has 2 N–H and O–H groups in total. The summed E-state index contributed by atoms with van der Waals surface area (Å²) in [4.78, 5) is 30.0. The van der Waals surface area contributed by atoms with Gasteiger partial charge < -0.3 is 20.0 Å². The van der Waals surface area contributed by atoms with Crippen molar-refractivity contribution in [3.63, 3.8) is 0 Å². The number of aryl methyl sites for hydroxylation is 1. The molecule has 4 aromatic rings. The maximum absolute atomic E-state index is 14.9. The Bertz CT molecular complexity index is 1540. The number of carboxylic acid groups (broad SMARTS) is 1. The highest BCUT2D eigenvalue weighted by atomic mass is 35.5. The number of aliphatic carboxylic acids is 1. The Labute approximate surface area is 245 Å². The number of carbonyl (C=O) groups excluding carboxylic acids is 1. The Balaban J connectivity index is 0.000000745. The first kappa shape index (κ1) is 32.4. The number of aromatic nitrogens is 3. The zero-order valence-electron chi connectivity index (χ0n) is 23.5. The molecule has 1 aliphatic heterocycles. The molecule has 0 unspecified atom stereocenters. The summed E-state index contributed by atoms with van der Waals surface area (Å²) >= 11 is 5.66. The molecule has 1 aliphatic rings. The van der Waals surface area contributed by atoms with Crippen LogP contribution in [0.5, 0.6) is 0 Å². The average Bonchev–Trinajstić information content (AvgIpc) is 3.40. The van der Waals surface area contributed by atoms with E-state index in [0.717, 1.165) is 45.4 Å². The Morgan fingerprint density at radius 2 is 1.57 bits per heavy atom. The van der Waals surface area contributed by atoms with E-state index in [-0.39, 0.29) is 28.5 Å². The van der Waals surface area contributed by atoms with E-state index in [1.54, 1.807) is 42.0 Å². The third-order valence-electron chi connectivity index (χ3n) is 6.42. The fourth-order valence-electron chi connectivity index (χ4n) is 4.57. The molecule has 0 spiro atoms. The lowest BCUT2D eigenvalue weighted by atomic mass is 10.1. The summed E-state index contributed by atoms with van der Waals surface area (Å²) in [6, 6.07) is 9.97. The number of piperidine rings is 1. The number of carbonyl (C=O) groups is 2. The number of benzene rings is 2. The second-order valence-corrected chi connectivity index (χ2v) is 9.77. The molecule has 2 aromatic heterocycles. The predicted octanol–water partition coefficient (Wildman–Crippen LogP) is 5.87. The van der Waals surface area contributed by atoms with Gasteiger partial charge in [-0.15, -0.1) is 0 Å². The van der Waals surface area contributed by atoms with Crippen LogP contribution in [0.25, 0.3) is 16.9 Å². The first-order chi connectivity index (χ1) is 20.0. The molecular formula is C29H31ClF3N5O4. The van der Waals surface area contributed by atoms with Crippen molar-refractivity contribution in [3.8, 4) is 11.3 Å². The van der Waals surface area contributed by atoms with Crippen molar-refractivity contribution in [2.75, 3.05) is 32.1 Å². The van der Waals surface area contributed by atoms with Crippen LogP contribution in [-0.4, -0.2) is 68.8 Å². The van der Waals surface area contributed by atoms with Gasteiger partial charge in [-0.2, -0.15) is 9.61 Å². The third-order valence-corrected chi connectivity index (χ3v) is 6.78. The van der Waals surface area contributed by atoms with Crippen LogP contribution in [0, 0.1) is 24.4 Å². The number of rotatable bonds is 4. The molecule has 42 heavy (non-hydrogen) atoms. The monoisotopic (exact) mass is 605 g/mol. The van der Waals surface area contributed by atoms with E-state index in [1.807, 2.05) is 0 Å². The topological polar surface area (TPSA) is 111 Å². The number of hydrogen-bond donors (Lipinski definition) is 2. The second kappa shape index (κ2) is 14.1.